The number of piperazine rings is 1. The van der Waals surface area contributed by atoms with Crippen molar-refractivity contribution >= 4 is 5.91 Å². The van der Waals surface area contributed by atoms with Gasteiger partial charge in [-0.25, -0.2) is 4.98 Å². The Bertz CT molecular complexity index is 705. The maximum atomic E-state index is 12.6. The zero-order valence-corrected chi connectivity index (χ0v) is 14.2. The van der Waals surface area contributed by atoms with Crippen molar-refractivity contribution in [3.05, 3.63) is 24.5 Å². The van der Waals surface area contributed by atoms with E-state index in [1.165, 1.54) is 32.1 Å². The van der Waals surface area contributed by atoms with E-state index in [9.17, 15) is 4.79 Å². The topological polar surface area (TPSA) is 88.2 Å². The molecule has 3 heterocycles. The Labute approximate surface area is 146 Å². The summed E-state index contributed by atoms with van der Waals surface area (Å²) >= 11 is 0. The van der Waals surface area contributed by atoms with Gasteiger partial charge in [0.15, 0.2) is 0 Å². The van der Waals surface area contributed by atoms with E-state index < -0.39 is 0 Å². The monoisotopic (exact) mass is 342 g/mol. The molecular formula is C17H22N6O2. The molecule has 0 spiro atoms. The summed E-state index contributed by atoms with van der Waals surface area (Å²) < 4.78 is 5.14. The molecule has 0 N–H and O–H groups in total. The van der Waals surface area contributed by atoms with Crippen molar-refractivity contribution in [1.29, 1.82) is 0 Å². The Balaban J connectivity index is 1.37. The fourth-order valence-corrected chi connectivity index (χ4v) is 3.70. The van der Waals surface area contributed by atoms with Gasteiger partial charge in [0, 0.05) is 44.6 Å². The van der Waals surface area contributed by atoms with Crippen LogP contribution in [0.4, 0.5) is 0 Å². The van der Waals surface area contributed by atoms with Gasteiger partial charge in [-0.15, -0.1) is 0 Å². The molecule has 8 heteroatoms. The standard InChI is InChI=1S/C17H22N6O2/c24-17(16-20-15(21-25-16)14-12-18-6-7-19-14)23-10-8-22(9-11-23)13-4-2-1-3-5-13/h6-7,12-13H,1-5,8-11H2. The van der Waals surface area contributed by atoms with Gasteiger partial charge in [0.05, 0.1) is 6.20 Å². The molecule has 25 heavy (non-hydrogen) atoms. The molecule has 0 aromatic carbocycles. The van der Waals surface area contributed by atoms with Crippen molar-refractivity contribution in [1.82, 2.24) is 29.9 Å². The molecule has 0 unspecified atom stereocenters. The minimum Gasteiger partial charge on any atom is -0.332 e. The van der Waals surface area contributed by atoms with Crippen molar-refractivity contribution < 1.29 is 9.32 Å². The normalized spacial score (nSPS) is 19.9. The van der Waals surface area contributed by atoms with Gasteiger partial charge in [0.25, 0.3) is 0 Å². The molecule has 1 saturated heterocycles. The van der Waals surface area contributed by atoms with Crippen LogP contribution in [-0.2, 0) is 0 Å². The molecule has 1 saturated carbocycles. The summed E-state index contributed by atoms with van der Waals surface area (Å²) in [5.41, 5.74) is 0.493. The summed E-state index contributed by atoms with van der Waals surface area (Å²) in [7, 11) is 0. The SMILES string of the molecule is O=C(c1nc(-c2cnccn2)no1)N1CCN(C2CCCCC2)CC1. The van der Waals surface area contributed by atoms with Crippen molar-refractivity contribution in [3.63, 3.8) is 0 Å². The molecular weight excluding hydrogens is 320 g/mol. The second-order valence-electron chi connectivity index (χ2n) is 6.63. The molecule has 1 aliphatic carbocycles. The van der Waals surface area contributed by atoms with E-state index in [4.69, 9.17) is 4.52 Å². The van der Waals surface area contributed by atoms with Gasteiger partial charge < -0.3 is 9.42 Å². The van der Waals surface area contributed by atoms with Gasteiger partial charge in [-0.1, -0.05) is 24.4 Å². The number of hydrogen-bond acceptors (Lipinski definition) is 7. The first kappa shape index (κ1) is 16.1. The highest BCUT2D eigenvalue weighted by Crippen LogP contribution is 2.23. The highest BCUT2D eigenvalue weighted by molar-refractivity contribution is 5.90. The molecule has 4 rings (SSSR count). The van der Waals surface area contributed by atoms with Crippen LogP contribution in [0.2, 0.25) is 0 Å². The second-order valence-corrected chi connectivity index (χ2v) is 6.63. The first-order valence-electron chi connectivity index (χ1n) is 8.95. The predicted molar refractivity (Wildman–Crippen MR) is 89.7 cm³/mol. The van der Waals surface area contributed by atoms with Crippen molar-refractivity contribution in [3.8, 4) is 11.5 Å². The first-order valence-corrected chi connectivity index (χ1v) is 8.95. The summed E-state index contributed by atoms with van der Waals surface area (Å²) in [4.78, 5) is 29.2. The van der Waals surface area contributed by atoms with E-state index >= 15 is 0 Å². The Morgan fingerprint density at radius 3 is 2.60 bits per heavy atom. The van der Waals surface area contributed by atoms with Crippen LogP contribution in [0.5, 0.6) is 0 Å². The smallest absolute Gasteiger partial charge is 0.316 e. The van der Waals surface area contributed by atoms with Crippen LogP contribution in [0.25, 0.3) is 11.5 Å². The van der Waals surface area contributed by atoms with E-state index in [0.29, 0.717) is 24.8 Å². The lowest BCUT2D eigenvalue weighted by molar-refractivity contribution is 0.0483. The molecule has 2 fully saturated rings. The third-order valence-corrected chi connectivity index (χ3v) is 5.09. The van der Waals surface area contributed by atoms with Crippen molar-refractivity contribution in [2.75, 3.05) is 26.2 Å². The van der Waals surface area contributed by atoms with E-state index in [1.54, 1.807) is 23.5 Å². The minimum atomic E-state index is -0.203. The summed E-state index contributed by atoms with van der Waals surface area (Å²) in [5, 5.41) is 3.84. The molecule has 2 aliphatic rings. The van der Waals surface area contributed by atoms with Crippen LogP contribution in [-0.4, -0.2) is 68.0 Å². The molecule has 8 nitrogen and oxygen atoms in total. The van der Waals surface area contributed by atoms with Crippen LogP contribution in [0, 0.1) is 0 Å². The number of carbonyl (C=O) groups is 1. The number of amides is 1. The fraction of sp³-hybridized carbons (Fsp3) is 0.588. The van der Waals surface area contributed by atoms with Crippen LogP contribution in [0.15, 0.2) is 23.1 Å². The van der Waals surface area contributed by atoms with Gasteiger partial charge in [-0.2, -0.15) is 4.98 Å². The summed E-state index contributed by atoms with van der Waals surface area (Å²) in [5.74, 6) is 0.106. The molecule has 0 bridgehead atoms. The molecule has 2 aromatic rings. The number of hydrogen-bond donors (Lipinski definition) is 0. The molecule has 0 atom stereocenters. The van der Waals surface area contributed by atoms with E-state index in [1.807, 2.05) is 0 Å². The number of rotatable bonds is 3. The molecule has 0 radical (unpaired) electrons. The minimum absolute atomic E-state index is 0.0202. The summed E-state index contributed by atoms with van der Waals surface area (Å²) in [6.45, 7) is 3.25. The average Bonchev–Trinajstić information content (AvgIpc) is 3.19. The predicted octanol–water partition coefficient (Wildman–Crippen LogP) is 1.62. The number of nitrogens with zero attached hydrogens (tertiary/aromatic N) is 6. The lowest BCUT2D eigenvalue weighted by atomic mass is 9.94. The van der Waals surface area contributed by atoms with Crippen LogP contribution >= 0.6 is 0 Å². The molecule has 2 aromatic heterocycles. The average molecular weight is 342 g/mol. The highest BCUT2D eigenvalue weighted by Gasteiger charge is 2.29. The molecule has 132 valence electrons. The quantitative estimate of drug-likeness (QED) is 0.837. The maximum Gasteiger partial charge on any atom is 0.316 e. The number of carbonyl (C=O) groups excluding carboxylic acids is 1. The van der Waals surface area contributed by atoms with E-state index in [-0.39, 0.29) is 17.6 Å². The summed E-state index contributed by atoms with van der Waals surface area (Å²) in [6, 6.07) is 0.692. The van der Waals surface area contributed by atoms with Crippen LogP contribution < -0.4 is 0 Å². The zero-order chi connectivity index (χ0) is 17.1. The third-order valence-electron chi connectivity index (χ3n) is 5.09. The van der Waals surface area contributed by atoms with Crippen LogP contribution in [0.3, 0.4) is 0 Å². The first-order chi connectivity index (χ1) is 12.3. The summed E-state index contributed by atoms with van der Waals surface area (Å²) in [6.07, 6.45) is 11.3. The van der Waals surface area contributed by atoms with Gasteiger partial charge >= 0.3 is 11.8 Å². The van der Waals surface area contributed by atoms with Gasteiger partial charge in [0.2, 0.25) is 5.82 Å². The Morgan fingerprint density at radius 2 is 1.88 bits per heavy atom. The van der Waals surface area contributed by atoms with E-state index in [2.05, 4.69) is 25.0 Å². The molecule has 1 amide bonds. The van der Waals surface area contributed by atoms with E-state index in [0.717, 1.165) is 13.1 Å². The highest BCUT2D eigenvalue weighted by atomic mass is 16.5. The van der Waals surface area contributed by atoms with Crippen molar-refractivity contribution in [2.24, 2.45) is 0 Å². The Kier molecular flexibility index (Phi) is 4.69. The van der Waals surface area contributed by atoms with Gasteiger partial charge in [-0.05, 0) is 12.8 Å². The van der Waals surface area contributed by atoms with Gasteiger partial charge in [0.1, 0.15) is 5.69 Å². The second kappa shape index (κ2) is 7.26. The zero-order valence-electron chi connectivity index (χ0n) is 14.2. The molecule has 1 aliphatic heterocycles. The van der Waals surface area contributed by atoms with Crippen LogP contribution in [0.1, 0.15) is 42.8 Å². The number of aromatic nitrogens is 4. The third kappa shape index (κ3) is 3.53. The Morgan fingerprint density at radius 1 is 1.08 bits per heavy atom. The lowest BCUT2D eigenvalue weighted by Gasteiger charge is -2.40. The fourth-order valence-electron chi connectivity index (χ4n) is 3.70. The van der Waals surface area contributed by atoms with Gasteiger partial charge in [-0.3, -0.25) is 14.7 Å². The maximum absolute atomic E-state index is 12.6. The largest absolute Gasteiger partial charge is 0.332 e. The Hall–Kier alpha value is -2.35. The lowest BCUT2D eigenvalue weighted by Crippen LogP contribution is -2.52. The van der Waals surface area contributed by atoms with Crippen molar-refractivity contribution in [2.45, 2.75) is 38.1 Å².